The lowest BCUT2D eigenvalue weighted by molar-refractivity contribution is -0.908. The SMILES string of the molecule is CNC(=O)c1ccc(C[NH+](C)[C@H](C)C(=O)N[C@@H]2CCC[C@@H](C)[C@H]2C)cc1. The van der Waals surface area contributed by atoms with E-state index >= 15 is 0 Å². The van der Waals surface area contributed by atoms with Gasteiger partial charge in [0.2, 0.25) is 0 Å². The number of likely N-dealkylation sites (N-methyl/N-ethyl adjacent to an activating group) is 1. The molecule has 3 N–H and O–H groups in total. The van der Waals surface area contributed by atoms with Gasteiger partial charge in [0.15, 0.2) is 6.04 Å². The smallest absolute Gasteiger partial charge is 0.278 e. The Morgan fingerprint density at radius 2 is 1.85 bits per heavy atom. The molecule has 0 spiro atoms. The minimum absolute atomic E-state index is 0.0826. The van der Waals surface area contributed by atoms with Gasteiger partial charge in [-0.05, 0) is 37.3 Å². The Hall–Kier alpha value is -1.88. The van der Waals surface area contributed by atoms with Gasteiger partial charge in [-0.2, -0.15) is 0 Å². The average Bonchev–Trinajstić information content (AvgIpc) is 2.64. The van der Waals surface area contributed by atoms with Crippen LogP contribution in [0.3, 0.4) is 0 Å². The van der Waals surface area contributed by atoms with Crippen molar-refractivity contribution in [2.45, 2.75) is 58.7 Å². The molecule has 1 aromatic carbocycles. The van der Waals surface area contributed by atoms with E-state index in [1.165, 1.54) is 12.8 Å². The second-order valence-corrected chi connectivity index (χ2v) is 7.90. The maximum absolute atomic E-state index is 12.7. The van der Waals surface area contributed by atoms with Crippen molar-refractivity contribution in [3.8, 4) is 0 Å². The van der Waals surface area contributed by atoms with Crippen molar-refractivity contribution in [1.82, 2.24) is 10.6 Å². The highest BCUT2D eigenvalue weighted by atomic mass is 16.2. The van der Waals surface area contributed by atoms with Gasteiger partial charge in [-0.15, -0.1) is 0 Å². The number of nitrogens with one attached hydrogen (secondary N) is 3. The van der Waals surface area contributed by atoms with Crippen molar-refractivity contribution in [2.75, 3.05) is 14.1 Å². The number of hydrogen-bond acceptors (Lipinski definition) is 2. The molecule has 5 nitrogen and oxygen atoms in total. The predicted octanol–water partition coefficient (Wildman–Crippen LogP) is 1.39. The number of benzene rings is 1. The summed E-state index contributed by atoms with van der Waals surface area (Å²) in [5, 5.41) is 5.91. The molecule has 1 unspecified atom stereocenters. The molecule has 0 radical (unpaired) electrons. The largest absolute Gasteiger partial charge is 0.355 e. The fourth-order valence-electron chi connectivity index (χ4n) is 3.71. The first-order valence-corrected chi connectivity index (χ1v) is 9.77. The number of carbonyl (C=O) groups is 2. The van der Waals surface area contributed by atoms with Crippen LogP contribution in [0.2, 0.25) is 0 Å². The van der Waals surface area contributed by atoms with Gasteiger partial charge >= 0.3 is 0 Å². The maximum atomic E-state index is 12.7. The number of rotatable bonds is 6. The molecule has 1 aliphatic carbocycles. The van der Waals surface area contributed by atoms with E-state index < -0.39 is 0 Å². The zero-order valence-corrected chi connectivity index (χ0v) is 16.8. The first kappa shape index (κ1) is 20.4. The summed E-state index contributed by atoms with van der Waals surface area (Å²) in [5.74, 6) is 1.27. The molecule has 0 aromatic heterocycles. The van der Waals surface area contributed by atoms with E-state index in [0.29, 0.717) is 23.4 Å². The summed E-state index contributed by atoms with van der Waals surface area (Å²) in [4.78, 5) is 25.5. The lowest BCUT2D eigenvalue weighted by Gasteiger charge is -2.35. The fraction of sp³-hybridized carbons (Fsp3) is 0.619. The minimum atomic E-state index is -0.113. The van der Waals surface area contributed by atoms with Crippen LogP contribution in [0.5, 0.6) is 0 Å². The Morgan fingerprint density at radius 3 is 2.46 bits per heavy atom. The third-order valence-corrected chi connectivity index (χ3v) is 6.09. The summed E-state index contributed by atoms with van der Waals surface area (Å²) < 4.78 is 0. The summed E-state index contributed by atoms with van der Waals surface area (Å²) in [6.45, 7) is 7.27. The van der Waals surface area contributed by atoms with Gasteiger partial charge < -0.3 is 15.5 Å². The average molecular weight is 361 g/mol. The van der Waals surface area contributed by atoms with Crippen LogP contribution in [0.15, 0.2) is 24.3 Å². The lowest BCUT2D eigenvalue weighted by Crippen LogP contribution is -3.12. The minimum Gasteiger partial charge on any atom is -0.355 e. The monoisotopic (exact) mass is 360 g/mol. The summed E-state index contributed by atoms with van der Waals surface area (Å²) in [6.07, 6.45) is 3.55. The van der Waals surface area contributed by atoms with Gasteiger partial charge in [0.1, 0.15) is 6.54 Å². The Bertz CT molecular complexity index is 614. The zero-order valence-electron chi connectivity index (χ0n) is 16.8. The van der Waals surface area contributed by atoms with Crippen LogP contribution in [0, 0.1) is 11.8 Å². The van der Waals surface area contributed by atoms with Crippen molar-refractivity contribution in [3.63, 3.8) is 0 Å². The van der Waals surface area contributed by atoms with Crippen LogP contribution in [0.1, 0.15) is 56.0 Å². The molecule has 26 heavy (non-hydrogen) atoms. The van der Waals surface area contributed by atoms with E-state index in [0.717, 1.165) is 23.4 Å². The maximum Gasteiger partial charge on any atom is 0.278 e. The van der Waals surface area contributed by atoms with Crippen LogP contribution in [0.4, 0.5) is 0 Å². The summed E-state index contributed by atoms with van der Waals surface area (Å²) in [6, 6.07) is 7.77. The van der Waals surface area contributed by atoms with Gasteiger partial charge in [-0.1, -0.05) is 38.8 Å². The van der Waals surface area contributed by atoms with E-state index in [2.05, 4.69) is 24.5 Å². The summed E-state index contributed by atoms with van der Waals surface area (Å²) >= 11 is 0. The van der Waals surface area contributed by atoms with Crippen molar-refractivity contribution in [1.29, 1.82) is 0 Å². The second kappa shape index (κ2) is 9.17. The quantitative estimate of drug-likeness (QED) is 0.718. The van der Waals surface area contributed by atoms with Gasteiger partial charge in [0.25, 0.3) is 11.8 Å². The molecule has 0 bridgehead atoms. The van der Waals surface area contributed by atoms with E-state index in [1.54, 1.807) is 7.05 Å². The molecule has 5 atom stereocenters. The molecule has 1 fully saturated rings. The highest BCUT2D eigenvalue weighted by molar-refractivity contribution is 5.93. The predicted molar refractivity (Wildman–Crippen MR) is 104 cm³/mol. The highest BCUT2D eigenvalue weighted by Gasteiger charge is 2.31. The summed E-state index contributed by atoms with van der Waals surface area (Å²) in [5.41, 5.74) is 1.77. The van der Waals surface area contributed by atoms with Crippen LogP contribution in [-0.2, 0) is 11.3 Å². The normalized spacial score (nSPS) is 25.2. The van der Waals surface area contributed by atoms with Crippen LogP contribution >= 0.6 is 0 Å². The number of hydrogen-bond donors (Lipinski definition) is 3. The molecule has 1 aromatic rings. The molecule has 2 rings (SSSR count). The first-order chi connectivity index (χ1) is 12.3. The molecule has 0 saturated heterocycles. The van der Waals surface area contributed by atoms with Gasteiger partial charge in [-0.3, -0.25) is 9.59 Å². The molecule has 0 heterocycles. The van der Waals surface area contributed by atoms with Gasteiger partial charge in [0, 0.05) is 24.2 Å². The molecular formula is C21H34N3O2+. The van der Waals surface area contributed by atoms with Gasteiger partial charge in [0.05, 0.1) is 7.05 Å². The first-order valence-electron chi connectivity index (χ1n) is 9.77. The zero-order chi connectivity index (χ0) is 19.3. The molecule has 5 heteroatoms. The third-order valence-electron chi connectivity index (χ3n) is 6.09. The fourth-order valence-corrected chi connectivity index (χ4v) is 3.71. The Morgan fingerprint density at radius 1 is 1.19 bits per heavy atom. The van der Waals surface area contributed by atoms with Crippen molar-refractivity contribution in [3.05, 3.63) is 35.4 Å². The highest BCUT2D eigenvalue weighted by Crippen LogP contribution is 2.29. The molecule has 144 valence electrons. The summed E-state index contributed by atoms with van der Waals surface area (Å²) in [7, 11) is 3.67. The van der Waals surface area contributed by atoms with Gasteiger partial charge in [-0.25, -0.2) is 0 Å². The van der Waals surface area contributed by atoms with Crippen LogP contribution in [-0.4, -0.2) is 38.0 Å². The lowest BCUT2D eigenvalue weighted by atomic mass is 9.78. The molecule has 1 aliphatic rings. The Kier molecular flexibility index (Phi) is 7.21. The second-order valence-electron chi connectivity index (χ2n) is 7.90. The number of quaternary nitrogens is 1. The Labute approximate surface area is 157 Å². The molecular weight excluding hydrogens is 326 g/mol. The van der Waals surface area contributed by atoms with Crippen LogP contribution < -0.4 is 15.5 Å². The number of carbonyl (C=O) groups excluding carboxylic acids is 2. The Balaban J connectivity index is 1.90. The molecule has 2 amide bonds. The van der Waals surface area contributed by atoms with Crippen molar-refractivity contribution in [2.24, 2.45) is 11.8 Å². The standard InChI is InChI=1S/C21H33N3O2/c1-14-7-6-8-19(15(14)2)23-20(25)16(3)24(5)13-17-9-11-18(12-10-17)21(26)22-4/h9-12,14-16,19H,6-8,13H2,1-5H3,(H,22,26)(H,23,25)/p+1/t14-,15-,16-,19-/m1/s1. The molecule has 1 saturated carbocycles. The topological polar surface area (TPSA) is 62.6 Å². The van der Waals surface area contributed by atoms with Crippen molar-refractivity contribution >= 4 is 11.8 Å². The van der Waals surface area contributed by atoms with E-state index in [9.17, 15) is 9.59 Å². The molecule has 0 aliphatic heterocycles. The van der Waals surface area contributed by atoms with E-state index in [-0.39, 0.29) is 17.9 Å². The van der Waals surface area contributed by atoms with Crippen molar-refractivity contribution < 1.29 is 14.5 Å². The third kappa shape index (κ3) is 5.07. The van der Waals surface area contributed by atoms with E-state index in [4.69, 9.17) is 0 Å². The number of amides is 2. The van der Waals surface area contributed by atoms with E-state index in [1.807, 2.05) is 38.2 Å². The van der Waals surface area contributed by atoms with Crippen LogP contribution in [0.25, 0.3) is 0 Å².